The second-order valence-electron chi connectivity index (χ2n) is 2.35. The van der Waals surface area contributed by atoms with Crippen molar-refractivity contribution in [2.24, 2.45) is 0 Å². The van der Waals surface area contributed by atoms with E-state index in [2.05, 4.69) is 10.3 Å². The van der Waals surface area contributed by atoms with Gasteiger partial charge in [-0.25, -0.2) is 0 Å². The zero-order valence-corrected chi connectivity index (χ0v) is 7.97. The molecule has 0 radical (unpaired) electrons. The number of imide groups is 1. The average molecular weight is 212 g/mol. The lowest BCUT2D eigenvalue weighted by Crippen LogP contribution is -2.18. The van der Waals surface area contributed by atoms with E-state index in [0.29, 0.717) is 5.75 Å². The maximum Gasteiger partial charge on any atom is 0.286 e. The van der Waals surface area contributed by atoms with Crippen molar-refractivity contribution in [1.82, 2.24) is 10.3 Å². The van der Waals surface area contributed by atoms with Crippen LogP contribution in [0.15, 0.2) is 29.2 Å². The third-order valence-corrected chi connectivity index (χ3v) is 2.03. The summed E-state index contributed by atoms with van der Waals surface area (Å²) in [6, 6.07) is 4.93. The van der Waals surface area contributed by atoms with E-state index in [0.717, 1.165) is 11.8 Å². The predicted molar refractivity (Wildman–Crippen MR) is 53.1 cm³/mol. The lowest BCUT2D eigenvalue weighted by Gasteiger charge is -1.77. The summed E-state index contributed by atoms with van der Waals surface area (Å²) in [6.07, 6.45) is 1.60. The Hall–Kier alpha value is -1.56. The monoisotopic (exact) mass is 212 g/mol. The van der Waals surface area contributed by atoms with Crippen LogP contribution in [0, 0.1) is 0 Å². The van der Waals surface area contributed by atoms with E-state index >= 15 is 0 Å². The summed E-state index contributed by atoms with van der Waals surface area (Å²) in [5.74, 6) is 0.105. The molecule has 0 aromatic carbocycles. The molecule has 0 aliphatic carbocycles. The van der Waals surface area contributed by atoms with Gasteiger partial charge in [-0.2, -0.15) is 0 Å². The normalized spacial score (nSPS) is 14.3. The predicted octanol–water partition coefficient (Wildman–Crippen LogP) is 0.344. The second-order valence-corrected chi connectivity index (χ2v) is 3.30. The molecule has 14 heavy (non-hydrogen) atoms. The number of carbonyl (C=O) groups excluding carboxylic acids is 2. The average Bonchev–Trinajstić information content (AvgIpc) is 2.52. The van der Waals surface area contributed by atoms with Gasteiger partial charge in [-0.05, 0) is 6.07 Å². The Balaban J connectivity index is 0.000000140. The van der Waals surface area contributed by atoms with E-state index in [9.17, 15) is 14.4 Å². The Labute approximate surface area is 83.9 Å². The van der Waals surface area contributed by atoms with E-state index in [1.165, 1.54) is 6.07 Å². The standard InChI is InChI=1S/C5H5NO.C3H3NO2S/c7-5-3-1-2-4-6-5;5-2-1-7-3(6)4-2/h1-4H,(H,6,7);1H2,(H,4,5,6). The number of H-pyrrole nitrogens is 1. The summed E-state index contributed by atoms with van der Waals surface area (Å²) < 4.78 is 0. The first-order chi connectivity index (χ1) is 6.68. The molecule has 2 N–H and O–H groups in total. The molecule has 2 rings (SSSR count). The Bertz CT molecular complexity index is 357. The fourth-order valence-electron chi connectivity index (χ4n) is 0.694. The van der Waals surface area contributed by atoms with Crippen LogP contribution in [-0.4, -0.2) is 21.9 Å². The molecule has 0 saturated carbocycles. The fourth-order valence-corrected chi connectivity index (χ4v) is 1.21. The molecular formula is C8H8N2O3S. The number of rotatable bonds is 0. The highest BCUT2D eigenvalue weighted by atomic mass is 32.2. The van der Waals surface area contributed by atoms with E-state index < -0.39 is 0 Å². The molecule has 1 aromatic heterocycles. The topological polar surface area (TPSA) is 79.0 Å². The lowest BCUT2D eigenvalue weighted by atomic mass is 10.5. The van der Waals surface area contributed by atoms with Crippen molar-refractivity contribution >= 4 is 22.9 Å². The quantitative estimate of drug-likeness (QED) is 0.650. The Morgan fingerprint density at radius 1 is 1.21 bits per heavy atom. The molecular weight excluding hydrogens is 204 g/mol. The van der Waals surface area contributed by atoms with Gasteiger partial charge in [-0.1, -0.05) is 17.8 Å². The van der Waals surface area contributed by atoms with Crippen molar-refractivity contribution < 1.29 is 9.59 Å². The van der Waals surface area contributed by atoms with Gasteiger partial charge in [0.1, 0.15) is 0 Å². The molecule has 0 unspecified atom stereocenters. The van der Waals surface area contributed by atoms with Crippen LogP contribution in [-0.2, 0) is 4.79 Å². The molecule has 1 aliphatic rings. The number of nitrogens with one attached hydrogen (secondary N) is 2. The van der Waals surface area contributed by atoms with Crippen molar-refractivity contribution in [2.75, 3.05) is 5.75 Å². The van der Waals surface area contributed by atoms with Gasteiger partial charge in [0, 0.05) is 12.3 Å². The molecule has 1 aliphatic heterocycles. The zero-order valence-electron chi connectivity index (χ0n) is 7.15. The van der Waals surface area contributed by atoms with Crippen molar-refractivity contribution in [2.45, 2.75) is 0 Å². The number of hydrogen-bond donors (Lipinski definition) is 2. The van der Waals surface area contributed by atoms with Crippen molar-refractivity contribution in [3.63, 3.8) is 0 Å². The first kappa shape index (κ1) is 10.5. The number of aromatic nitrogens is 1. The van der Waals surface area contributed by atoms with Gasteiger partial charge >= 0.3 is 0 Å². The molecule has 1 aromatic rings. The Morgan fingerprint density at radius 2 is 2.00 bits per heavy atom. The van der Waals surface area contributed by atoms with Gasteiger partial charge < -0.3 is 4.98 Å². The Kier molecular flexibility index (Phi) is 3.93. The number of thioether (sulfide) groups is 1. The summed E-state index contributed by atoms with van der Waals surface area (Å²) in [5, 5.41) is 1.87. The van der Waals surface area contributed by atoms with Gasteiger partial charge in [0.05, 0.1) is 5.75 Å². The minimum absolute atomic E-state index is 0.0532. The van der Waals surface area contributed by atoms with Gasteiger partial charge in [0.15, 0.2) is 0 Å². The highest BCUT2D eigenvalue weighted by Crippen LogP contribution is 2.06. The van der Waals surface area contributed by atoms with Crippen molar-refractivity contribution in [3.05, 3.63) is 34.7 Å². The maximum atomic E-state index is 10.2. The smallest absolute Gasteiger partial charge is 0.286 e. The lowest BCUT2D eigenvalue weighted by molar-refractivity contribution is -0.117. The summed E-state index contributed by atoms with van der Waals surface area (Å²) >= 11 is 1.01. The van der Waals surface area contributed by atoms with Crippen LogP contribution >= 0.6 is 11.8 Å². The largest absolute Gasteiger partial charge is 0.329 e. The van der Waals surface area contributed by atoms with Crippen LogP contribution in [0.2, 0.25) is 0 Å². The van der Waals surface area contributed by atoms with Crippen LogP contribution < -0.4 is 10.9 Å². The fraction of sp³-hybridized carbons (Fsp3) is 0.125. The summed E-state index contributed by atoms with van der Waals surface area (Å²) in [6.45, 7) is 0. The molecule has 0 atom stereocenters. The summed E-state index contributed by atoms with van der Waals surface area (Å²) in [5.41, 5.74) is -0.0532. The van der Waals surface area contributed by atoms with Crippen LogP contribution in [0.4, 0.5) is 4.79 Å². The minimum atomic E-state index is -0.231. The molecule has 0 bridgehead atoms. The summed E-state index contributed by atoms with van der Waals surface area (Å²) in [7, 11) is 0. The van der Waals surface area contributed by atoms with Gasteiger partial charge in [-0.15, -0.1) is 0 Å². The number of aromatic amines is 1. The molecule has 2 amide bonds. The maximum absolute atomic E-state index is 10.2. The first-order valence-electron chi connectivity index (χ1n) is 3.79. The van der Waals surface area contributed by atoms with Crippen LogP contribution in [0.25, 0.3) is 0 Å². The molecule has 2 heterocycles. The molecule has 0 spiro atoms. The molecule has 6 heteroatoms. The zero-order chi connectivity index (χ0) is 10.4. The molecule has 74 valence electrons. The number of hydrogen-bond acceptors (Lipinski definition) is 4. The van der Waals surface area contributed by atoms with E-state index in [1.807, 2.05) is 0 Å². The van der Waals surface area contributed by atoms with Gasteiger partial charge in [0.25, 0.3) is 5.24 Å². The number of pyridine rings is 1. The second kappa shape index (κ2) is 5.23. The highest BCUT2D eigenvalue weighted by molar-refractivity contribution is 8.14. The minimum Gasteiger partial charge on any atom is -0.329 e. The molecule has 5 nitrogen and oxygen atoms in total. The first-order valence-corrected chi connectivity index (χ1v) is 4.77. The van der Waals surface area contributed by atoms with Crippen molar-refractivity contribution in [3.8, 4) is 0 Å². The van der Waals surface area contributed by atoms with Crippen LogP contribution in [0.5, 0.6) is 0 Å². The highest BCUT2D eigenvalue weighted by Gasteiger charge is 2.16. The van der Waals surface area contributed by atoms with E-state index in [-0.39, 0.29) is 16.7 Å². The van der Waals surface area contributed by atoms with Crippen LogP contribution in [0.1, 0.15) is 0 Å². The summed E-state index contributed by atoms with van der Waals surface area (Å²) in [4.78, 5) is 32.9. The Morgan fingerprint density at radius 3 is 2.21 bits per heavy atom. The SMILES string of the molecule is O=C1CSC(=O)N1.O=c1cccc[nH]1. The third-order valence-electron chi connectivity index (χ3n) is 1.26. The number of carbonyl (C=O) groups is 2. The molecule has 1 fully saturated rings. The van der Waals surface area contributed by atoms with Gasteiger partial charge in [0.2, 0.25) is 11.5 Å². The third kappa shape index (κ3) is 3.90. The van der Waals surface area contributed by atoms with E-state index in [1.54, 1.807) is 18.3 Å². The van der Waals surface area contributed by atoms with E-state index in [4.69, 9.17) is 0 Å². The molecule has 1 saturated heterocycles. The van der Waals surface area contributed by atoms with Gasteiger partial charge in [-0.3, -0.25) is 19.7 Å². The number of amides is 2. The van der Waals surface area contributed by atoms with Crippen LogP contribution in [0.3, 0.4) is 0 Å². The van der Waals surface area contributed by atoms with Crippen molar-refractivity contribution in [1.29, 1.82) is 0 Å².